The van der Waals surface area contributed by atoms with Crippen molar-refractivity contribution < 1.29 is 9.53 Å². The van der Waals surface area contributed by atoms with E-state index in [2.05, 4.69) is 11.5 Å². The summed E-state index contributed by atoms with van der Waals surface area (Å²) >= 11 is 0. The summed E-state index contributed by atoms with van der Waals surface area (Å²) in [4.78, 5) is 24.8. The van der Waals surface area contributed by atoms with Gasteiger partial charge in [0.2, 0.25) is 0 Å². The maximum atomic E-state index is 12.8. The molecule has 0 saturated heterocycles. The number of methoxy groups -OCH3 is 1. The van der Waals surface area contributed by atoms with Crippen LogP contribution in [0.2, 0.25) is 0 Å². The number of para-hydroxylation sites is 1. The highest BCUT2D eigenvalue weighted by Crippen LogP contribution is 2.21. The molecule has 1 heterocycles. The van der Waals surface area contributed by atoms with E-state index in [1.165, 1.54) is 39.2 Å². The largest absolute Gasteiger partial charge is 0.469 e. The fourth-order valence-corrected chi connectivity index (χ4v) is 3.74. The van der Waals surface area contributed by atoms with E-state index in [0.717, 1.165) is 35.0 Å². The molecule has 0 unspecified atom stereocenters. The predicted octanol–water partition coefficient (Wildman–Crippen LogP) is 5.02. The first-order chi connectivity index (χ1) is 13.0. The molecule has 0 N–H and O–H groups in total. The second kappa shape index (κ2) is 10.3. The maximum Gasteiger partial charge on any atom is 0.310 e. The topological polar surface area (TPSA) is 48.3 Å². The lowest BCUT2D eigenvalue weighted by Crippen LogP contribution is -2.25. The normalized spacial score (nSPS) is 12.3. The van der Waals surface area contributed by atoms with Gasteiger partial charge < -0.3 is 9.30 Å². The number of carbonyl (C=O) groups is 1. The molecule has 2 aromatic rings. The lowest BCUT2D eigenvalue weighted by molar-refractivity contribution is -0.145. The van der Waals surface area contributed by atoms with Crippen molar-refractivity contribution in [3.8, 4) is 0 Å². The number of hydrogen-bond donors (Lipinski definition) is 0. The molecule has 27 heavy (non-hydrogen) atoms. The van der Waals surface area contributed by atoms with Crippen molar-refractivity contribution in [1.82, 2.24) is 4.57 Å². The van der Waals surface area contributed by atoms with Gasteiger partial charge in [0.15, 0.2) is 5.43 Å². The molecule has 0 saturated carbocycles. The Kier molecular flexibility index (Phi) is 8.08. The molecule has 148 valence electrons. The highest BCUT2D eigenvalue weighted by molar-refractivity contribution is 5.80. The second-order valence-electron chi connectivity index (χ2n) is 7.47. The minimum absolute atomic E-state index is 0.105. The Morgan fingerprint density at radius 1 is 1.11 bits per heavy atom. The van der Waals surface area contributed by atoms with Crippen LogP contribution in [0.1, 0.15) is 63.6 Å². The lowest BCUT2D eigenvalue weighted by atomic mass is 10.0. The van der Waals surface area contributed by atoms with Gasteiger partial charge in [-0.3, -0.25) is 9.59 Å². The fourth-order valence-electron chi connectivity index (χ4n) is 3.74. The molecule has 2 rings (SSSR count). The third kappa shape index (κ3) is 5.21. The van der Waals surface area contributed by atoms with Gasteiger partial charge in [0, 0.05) is 23.2 Å². The van der Waals surface area contributed by atoms with Gasteiger partial charge in [-0.15, -0.1) is 0 Å². The van der Waals surface area contributed by atoms with Gasteiger partial charge >= 0.3 is 5.97 Å². The Balaban J connectivity index is 2.35. The zero-order chi connectivity index (χ0) is 19.8. The summed E-state index contributed by atoms with van der Waals surface area (Å²) in [6.45, 7) is 6.54. The van der Waals surface area contributed by atoms with E-state index in [-0.39, 0.29) is 17.3 Å². The molecule has 4 nitrogen and oxygen atoms in total. The minimum atomic E-state index is -0.261. The summed E-state index contributed by atoms with van der Waals surface area (Å²) in [5.74, 6) is -0.482. The number of hydrogen-bond acceptors (Lipinski definition) is 3. The van der Waals surface area contributed by atoms with Gasteiger partial charge in [-0.2, -0.15) is 0 Å². The van der Waals surface area contributed by atoms with Crippen LogP contribution in [0.15, 0.2) is 29.1 Å². The molecule has 0 radical (unpaired) electrons. The summed E-state index contributed by atoms with van der Waals surface area (Å²) in [6.07, 6.45) is 8.15. The van der Waals surface area contributed by atoms with Crippen molar-refractivity contribution >= 4 is 16.9 Å². The number of esters is 1. The van der Waals surface area contributed by atoms with Gasteiger partial charge in [0.1, 0.15) is 0 Å². The summed E-state index contributed by atoms with van der Waals surface area (Å²) in [5, 5.41) is 0.721. The van der Waals surface area contributed by atoms with E-state index in [9.17, 15) is 9.59 Å². The zero-order valence-corrected chi connectivity index (χ0v) is 17.2. The van der Waals surface area contributed by atoms with E-state index in [4.69, 9.17) is 4.74 Å². The zero-order valence-electron chi connectivity index (χ0n) is 17.2. The number of rotatable bonds is 10. The molecule has 1 atom stereocenters. The Morgan fingerprint density at radius 2 is 1.78 bits per heavy atom. The van der Waals surface area contributed by atoms with E-state index in [0.29, 0.717) is 6.54 Å². The Labute approximate surface area is 162 Å². The first kappa shape index (κ1) is 21.2. The highest BCUT2D eigenvalue weighted by atomic mass is 16.5. The van der Waals surface area contributed by atoms with Crippen molar-refractivity contribution in [2.24, 2.45) is 5.92 Å². The van der Waals surface area contributed by atoms with Gasteiger partial charge in [-0.1, -0.05) is 58.1 Å². The van der Waals surface area contributed by atoms with Crippen molar-refractivity contribution in [2.75, 3.05) is 7.11 Å². The molecular weight excluding hydrogens is 338 g/mol. The number of unbranched alkanes of at least 4 members (excludes halogenated alkanes) is 5. The average Bonchev–Trinajstić information content (AvgIpc) is 2.69. The summed E-state index contributed by atoms with van der Waals surface area (Å²) in [5.41, 5.74) is 2.88. The third-order valence-electron chi connectivity index (χ3n) is 5.37. The highest BCUT2D eigenvalue weighted by Gasteiger charge is 2.19. The van der Waals surface area contributed by atoms with Crippen LogP contribution in [0.25, 0.3) is 10.9 Å². The summed E-state index contributed by atoms with van der Waals surface area (Å²) in [6, 6.07) is 7.69. The maximum absolute atomic E-state index is 12.8. The molecule has 1 aromatic carbocycles. The van der Waals surface area contributed by atoms with Crippen molar-refractivity contribution in [2.45, 2.75) is 72.3 Å². The molecule has 0 spiro atoms. The first-order valence-corrected chi connectivity index (χ1v) is 10.2. The molecule has 4 heteroatoms. The molecular formula is C23H33NO3. The molecule has 0 bridgehead atoms. The SMILES string of the molecule is CCCCCCCCc1c(C)c(=O)c2ccccc2n1C[C@@H](C)C(=O)OC. The number of ether oxygens (including phenoxy) is 1. The van der Waals surface area contributed by atoms with Gasteiger partial charge in [-0.25, -0.2) is 0 Å². The number of carbonyl (C=O) groups excluding carboxylic acids is 1. The molecule has 0 fully saturated rings. The predicted molar refractivity (Wildman–Crippen MR) is 111 cm³/mol. The van der Waals surface area contributed by atoms with Crippen LogP contribution in [0.5, 0.6) is 0 Å². The van der Waals surface area contributed by atoms with Gasteiger partial charge in [-0.05, 0) is 31.9 Å². The van der Waals surface area contributed by atoms with Crippen LogP contribution < -0.4 is 5.43 Å². The monoisotopic (exact) mass is 371 g/mol. The lowest BCUT2D eigenvalue weighted by Gasteiger charge is -2.21. The van der Waals surface area contributed by atoms with E-state index in [1.807, 2.05) is 38.1 Å². The minimum Gasteiger partial charge on any atom is -0.469 e. The smallest absolute Gasteiger partial charge is 0.310 e. The summed E-state index contributed by atoms with van der Waals surface area (Å²) < 4.78 is 7.08. The number of benzene rings is 1. The fraction of sp³-hybridized carbons (Fsp3) is 0.565. The molecule has 0 aliphatic carbocycles. The molecule has 0 aliphatic heterocycles. The van der Waals surface area contributed by atoms with E-state index >= 15 is 0 Å². The van der Waals surface area contributed by atoms with Crippen LogP contribution in [0.3, 0.4) is 0 Å². The quantitative estimate of drug-likeness (QED) is 0.435. The first-order valence-electron chi connectivity index (χ1n) is 10.2. The number of fused-ring (bicyclic) bond motifs is 1. The standard InChI is InChI=1S/C23H33NO3/c1-5-6-7-8-9-10-14-20-18(3)22(25)19-13-11-12-15-21(19)24(20)16-17(2)23(26)27-4/h11-13,15,17H,5-10,14,16H2,1-4H3/t17-/m1/s1. The van der Waals surface area contributed by atoms with Crippen LogP contribution in [-0.4, -0.2) is 17.6 Å². The third-order valence-corrected chi connectivity index (χ3v) is 5.37. The van der Waals surface area contributed by atoms with Crippen LogP contribution >= 0.6 is 0 Å². The average molecular weight is 372 g/mol. The van der Waals surface area contributed by atoms with Gasteiger partial charge in [0.25, 0.3) is 0 Å². The van der Waals surface area contributed by atoms with E-state index in [1.54, 1.807) is 0 Å². The van der Waals surface area contributed by atoms with Crippen molar-refractivity contribution in [3.05, 3.63) is 45.7 Å². The second-order valence-corrected chi connectivity index (χ2v) is 7.47. The van der Waals surface area contributed by atoms with Gasteiger partial charge in [0.05, 0.1) is 18.5 Å². The van der Waals surface area contributed by atoms with Crippen LogP contribution in [-0.2, 0) is 22.5 Å². The number of pyridine rings is 1. The summed E-state index contributed by atoms with van der Waals surface area (Å²) in [7, 11) is 1.42. The Hall–Kier alpha value is -2.10. The number of aromatic nitrogens is 1. The molecule has 0 aliphatic rings. The van der Waals surface area contributed by atoms with E-state index < -0.39 is 0 Å². The Bertz CT molecular complexity index is 822. The molecule has 0 amide bonds. The number of nitrogens with zero attached hydrogens (tertiary/aromatic N) is 1. The van der Waals surface area contributed by atoms with Crippen molar-refractivity contribution in [3.63, 3.8) is 0 Å². The van der Waals surface area contributed by atoms with Crippen LogP contribution in [0, 0.1) is 12.8 Å². The van der Waals surface area contributed by atoms with Crippen LogP contribution in [0.4, 0.5) is 0 Å². The Morgan fingerprint density at radius 3 is 2.48 bits per heavy atom. The van der Waals surface area contributed by atoms with Crippen molar-refractivity contribution in [1.29, 1.82) is 0 Å². The molecule has 1 aromatic heterocycles.